The van der Waals surface area contributed by atoms with Crippen LogP contribution in [-0.4, -0.2) is 13.4 Å². The smallest absolute Gasteiger partial charge is 0.172 e. The van der Waals surface area contributed by atoms with Gasteiger partial charge in [-0.3, -0.25) is 0 Å². The average Bonchev–Trinajstić information content (AvgIpc) is 2.38. The Morgan fingerprint density at radius 2 is 2.06 bits per heavy atom. The first-order valence-corrected chi connectivity index (χ1v) is 5.39. The van der Waals surface area contributed by atoms with Gasteiger partial charge in [-0.25, -0.2) is 4.39 Å². The fraction of sp³-hybridized carbons (Fsp3) is 0.214. The predicted octanol–water partition coefficient (Wildman–Crippen LogP) is 3.29. The minimum absolute atomic E-state index is 0.176. The zero-order chi connectivity index (χ0) is 12.4. The van der Waals surface area contributed by atoms with E-state index in [0.29, 0.717) is 5.39 Å². The number of ether oxygens (including phenoxy) is 1. The van der Waals surface area contributed by atoms with Gasteiger partial charge in [0.2, 0.25) is 0 Å². The van der Waals surface area contributed by atoms with E-state index in [4.69, 9.17) is 4.74 Å². The van der Waals surface area contributed by atoms with Crippen LogP contribution in [0.3, 0.4) is 0 Å². The molecule has 0 amide bonds. The fourth-order valence-corrected chi connectivity index (χ4v) is 1.81. The maximum Gasteiger partial charge on any atom is 0.172 e. The number of aldehydes is 1. The van der Waals surface area contributed by atoms with E-state index < -0.39 is 0 Å². The number of benzene rings is 2. The van der Waals surface area contributed by atoms with Crippen molar-refractivity contribution < 1.29 is 13.9 Å². The van der Waals surface area contributed by atoms with Crippen LogP contribution in [-0.2, 0) is 4.79 Å². The molecular weight excluding hydrogens is 219 g/mol. The van der Waals surface area contributed by atoms with Crippen LogP contribution in [0, 0.1) is 5.82 Å². The van der Waals surface area contributed by atoms with Crippen LogP contribution in [0.25, 0.3) is 10.8 Å². The summed E-state index contributed by atoms with van der Waals surface area (Å²) in [5.74, 6) is -0.312. The molecule has 0 spiro atoms. The third kappa shape index (κ3) is 2.00. The number of fused-ring (bicyclic) bond motifs is 1. The summed E-state index contributed by atoms with van der Waals surface area (Å²) in [5.41, 5.74) is 0.886. The van der Waals surface area contributed by atoms with E-state index in [-0.39, 0.29) is 17.5 Å². The number of carbonyl (C=O) groups is 1. The lowest BCUT2D eigenvalue weighted by molar-refractivity contribution is -0.108. The standard InChI is InChI=1S/C14H13FO2/c1-9(8-16)10-3-5-12-11(7-10)4-6-13(17-2)14(12)15/h3-9H,1-2H3. The number of methoxy groups -OCH3 is 1. The molecule has 1 unspecified atom stereocenters. The fourth-order valence-electron chi connectivity index (χ4n) is 1.81. The summed E-state index contributed by atoms with van der Waals surface area (Å²) in [6.45, 7) is 1.81. The van der Waals surface area contributed by atoms with Crippen molar-refractivity contribution in [2.45, 2.75) is 12.8 Å². The molecule has 0 fully saturated rings. The number of hydrogen-bond donors (Lipinski definition) is 0. The molecule has 1 atom stereocenters. The summed E-state index contributed by atoms with van der Waals surface area (Å²) < 4.78 is 18.8. The van der Waals surface area contributed by atoms with Crippen LogP contribution in [0.15, 0.2) is 30.3 Å². The Hall–Kier alpha value is -1.90. The Labute approximate surface area is 99.0 Å². The Kier molecular flexibility index (Phi) is 3.09. The largest absolute Gasteiger partial charge is 0.494 e. The maximum absolute atomic E-state index is 13.9. The Morgan fingerprint density at radius 3 is 2.71 bits per heavy atom. The molecule has 0 radical (unpaired) electrons. The van der Waals surface area contributed by atoms with Crippen molar-refractivity contribution in [2.24, 2.45) is 0 Å². The summed E-state index contributed by atoms with van der Waals surface area (Å²) in [4.78, 5) is 10.7. The van der Waals surface area contributed by atoms with E-state index in [0.717, 1.165) is 17.2 Å². The van der Waals surface area contributed by atoms with Crippen LogP contribution < -0.4 is 4.74 Å². The second kappa shape index (κ2) is 4.53. The SMILES string of the molecule is COc1ccc2cc(C(C)C=O)ccc2c1F. The zero-order valence-corrected chi connectivity index (χ0v) is 9.74. The van der Waals surface area contributed by atoms with E-state index in [1.165, 1.54) is 7.11 Å². The molecule has 2 rings (SSSR count). The van der Waals surface area contributed by atoms with Crippen LogP contribution in [0.2, 0.25) is 0 Å². The van der Waals surface area contributed by atoms with Gasteiger partial charge >= 0.3 is 0 Å². The van der Waals surface area contributed by atoms with Gasteiger partial charge in [-0.2, -0.15) is 0 Å². The van der Waals surface area contributed by atoms with Gasteiger partial charge in [0.1, 0.15) is 6.29 Å². The van der Waals surface area contributed by atoms with E-state index >= 15 is 0 Å². The second-order valence-electron chi connectivity index (χ2n) is 3.99. The third-order valence-corrected chi connectivity index (χ3v) is 2.89. The average molecular weight is 232 g/mol. The van der Waals surface area contributed by atoms with Gasteiger partial charge in [0.15, 0.2) is 11.6 Å². The van der Waals surface area contributed by atoms with Gasteiger partial charge in [-0.05, 0) is 17.0 Å². The molecule has 2 aromatic rings. The molecular formula is C14H13FO2. The number of carbonyl (C=O) groups excluding carboxylic acids is 1. The number of rotatable bonds is 3. The van der Waals surface area contributed by atoms with E-state index in [2.05, 4.69) is 0 Å². The minimum atomic E-state index is -0.365. The highest BCUT2D eigenvalue weighted by Gasteiger charge is 2.10. The van der Waals surface area contributed by atoms with Crippen LogP contribution in [0.5, 0.6) is 5.75 Å². The van der Waals surface area contributed by atoms with Gasteiger partial charge in [-0.15, -0.1) is 0 Å². The van der Waals surface area contributed by atoms with Gasteiger partial charge in [-0.1, -0.05) is 31.2 Å². The number of hydrogen-bond acceptors (Lipinski definition) is 2. The normalized spacial score (nSPS) is 12.4. The molecule has 0 aromatic heterocycles. The molecule has 88 valence electrons. The highest BCUT2D eigenvalue weighted by molar-refractivity contribution is 5.86. The summed E-state index contributed by atoms with van der Waals surface area (Å²) in [6.07, 6.45) is 0.876. The zero-order valence-electron chi connectivity index (χ0n) is 9.74. The minimum Gasteiger partial charge on any atom is -0.494 e. The predicted molar refractivity (Wildman–Crippen MR) is 64.9 cm³/mol. The highest BCUT2D eigenvalue weighted by Crippen LogP contribution is 2.28. The molecule has 0 saturated heterocycles. The van der Waals surface area contributed by atoms with Crippen molar-refractivity contribution in [3.63, 3.8) is 0 Å². The molecule has 17 heavy (non-hydrogen) atoms. The molecule has 2 nitrogen and oxygen atoms in total. The first-order chi connectivity index (χ1) is 8.17. The van der Waals surface area contributed by atoms with Gasteiger partial charge < -0.3 is 9.53 Å². The lowest BCUT2D eigenvalue weighted by Crippen LogP contribution is -1.95. The van der Waals surface area contributed by atoms with Crippen LogP contribution >= 0.6 is 0 Å². The lowest BCUT2D eigenvalue weighted by Gasteiger charge is -2.08. The van der Waals surface area contributed by atoms with Crippen molar-refractivity contribution in [1.29, 1.82) is 0 Å². The highest BCUT2D eigenvalue weighted by atomic mass is 19.1. The Morgan fingerprint density at radius 1 is 1.29 bits per heavy atom. The monoisotopic (exact) mass is 232 g/mol. The summed E-state index contributed by atoms with van der Waals surface area (Å²) in [7, 11) is 1.44. The second-order valence-corrected chi connectivity index (χ2v) is 3.99. The van der Waals surface area contributed by atoms with Crippen molar-refractivity contribution in [2.75, 3.05) is 7.11 Å². The molecule has 0 aliphatic rings. The molecule has 2 aromatic carbocycles. The molecule has 3 heteroatoms. The molecule has 0 bridgehead atoms. The molecule has 0 N–H and O–H groups in total. The number of halogens is 1. The first-order valence-electron chi connectivity index (χ1n) is 5.39. The van der Waals surface area contributed by atoms with Gasteiger partial charge in [0.25, 0.3) is 0 Å². The maximum atomic E-state index is 13.9. The van der Waals surface area contributed by atoms with E-state index in [9.17, 15) is 9.18 Å². The van der Waals surface area contributed by atoms with Crippen LogP contribution in [0.1, 0.15) is 18.4 Å². The van der Waals surface area contributed by atoms with Gasteiger partial charge in [0.05, 0.1) is 7.11 Å². The first kappa shape index (κ1) is 11.6. The molecule has 0 aliphatic heterocycles. The Balaban J connectivity index is 2.61. The van der Waals surface area contributed by atoms with Crippen molar-refractivity contribution in [1.82, 2.24) is 0 Å². The van der Waals surface area contributed by atoms with Crippen LogP contribution in [0.4, 0.5) is 4.39 Å². The summed E-state index contributed by atoms with van der Waals surface area (Å²) in [5, 5.41) is 1.28. The van der Waals surface area contributed by atoms with Crippen molar-refractivity contribution in [3.8, 4) is 5.75 Å². The third-order valence-electron chi connectivity index (χ3n) is 2.89. The van der Waals surface area contributed by atoms with Crippen molar-refractivity contribution in [3.05, 3.63) is 41.7 Å². The lowest BCUT2D eigenvalue weighted by atomic mass is 9.98. The summed E-state index contributed by atoms with van der Waals surface area (Å²) in [6, 6.07) is 8.66. The van der Waals surface area contributed by atoms with E-state index in [1.54, 1.807) is 24.3 Å². The molecule has 0 heterocycles. The van der Waals surface area contributed by atoms with E-state index in [1.807, 2.05) is 13.0 Å². The topological polar surface area (TPSA) is 26.3 Å². The molecule has 0 aliphatic carbocycles. The quantitative estimate of drug-likeness (QED) is 0.759. The van der Waals surface area contributed by atoms with Gasteiger partial charge in [0, 0.05) is 11.3 Å². The van der Waals surface area contributed by atoms with Crippen molar-refractivity contribution >= 4 is 17.1 Å². The molecule has 0 saturated carbocycles. The Bertz CT molecular complexity index is 563. The summed E-state index contributed by atoms with van der Waals surface area (Å²) >= 11 is 0.